The second-order valence-corrected chi connectivity index (χ2v) is 10.3. The zero-order chi connectivity index (χ0) is 23.0. The summed E-state index contributed by atoms with van der Waals surface area (Å²) >= 11 is 3.76. The van der Waals surface area contributed by atoms with Gasteiger partial charge in [0.15, 0.2) is 5.13 Å². The van der Waals surface area contributed by atoms with Crippen molar-refractivity contribution < 1.29 is 14.4 Å². The van der Waals surface area contributed by atoms with E-state index in [1.165, 1.54) is 34.5 Å². The molecule has 3 amide bonds. The van der Waals surface area contributed by atoms with Crippen molar-refractivity contribution in [1.82, 2.24) is 9.88 Å². The van der Waals surface area contributed by atoms with Crippen LogP contribution in [0.2, 0.25) is 0 Å². The molecule has 1 aromatic carbocycles. The Morgan fingerprint density at radius 3 is 2.50 bits per heavy atom. The van der Waals surface area contributed by atoms with E-state index < -0.39 is 0 Å². The smallest absolute Gasteiger partial charge is 0.274 e. The summed E-state index contributed by atoms with van der Waals surface area (Å²) in [5.41, 5.74) is 4.48. The third-order valence-corrected chi connectivity index (χ3v) is 7.52. The lowest BCUT2D eigenvalue weighted by molar-refractivity contribution is -0.123. The summed E-state index contributed by atoms with van der Waals surface area (Å²) in [5.74, 6) is -0.470. The molecule has 1 saturated heterocycles. The Balaban J connectivity index is 1.59. The second kappa shape index (κ2) is 9.01. The van der Waals surface area contributed by atoms with Gasteiger partial charge in [-0.2, -0.15) is 0 Å². The van der Waals surface area contributed by atoms with E-state index in [4.69, 9.17) is 0 Å². The lowest BCUT2D eigenvalue weighted by atomic mass is 10.0. The number of anilines is 2. The summed E-state index contributed by atoms with van der Waals surface area (Å²) in [5, 5.41) is 3.91. The van der Waals surface area contributed by atoms with E-state index in [0.717, 1.165) is 39.0 Å². The first-order chi connectivity index (χ1) is 15.2. The van der Waals surface area contributed by atoms with Gasteiger partial charge in [0.1, 0.15) is 0 Å². The van der Waals surface area contributed by atoms with Crippen molar-refractivity contribution in [2.24, 2.45) is 0 Å². The molecule has 1 fully saturated rings. The Bertz CT molecular complexity index is 1220. The van der Waals surface area contributed by atoms with Crippen LogP contribution in [0.4, 0.5) is 15.6 Å². The quantitative estimate of drug-likeness (QED) is 0.413. The highest BCUT2D eigenvalue weighted by molar-refractivity contribution is 8.18. The maximum absolute atomic E-state index is 12.8. The number of aryl methyl sites for hydroxylation is 3. The molecule has 0 atom stereocenters. The molecule has 3 heterocycles. The van der Waals surface area contributed by atoms with Gasteiger partial charge < -0.3 is 0 Å². The average Bonchev–Trinajstić information content (AvgIpc) is 3.43. The van der Waals surface area contributed by atoms with E-state index in [-0.39, 0.29) is 23.6 Å². The van der Waals surface area contributed by atoms with Crippen molar-refractivity contribution >= 4 is 68.4 Å². The first-order valence-corrected chi connectivity index (χ1v) is 12.4. The second-order valence-electron chi connectivity index (χ2n) is 7.51. The number of amides is 3. The highest BCUT2D eigenvalue weighted by Crippen LogP contribution is 2.37. The minimum absolute atomic E-state index is 0.0700. The topological polar surface area (TPSA) is 70.6 Å². The Kier molecular flexibility index (Phi) is 6.32. The predicted molar refractivity (Wildman–Crippen MR) is 131 cm³/mol. The summed E-state index contributed by atoms with van der Waals surface area (Å²) in [6.45, 7) is 7.54. The third kappa shape index (κ3) is 4.41. The number of carbonyl (C=O) groups is 3. The Labute approximate surface area is 198 Å². The number of hydrogen-bond acceptors (Lipinski definition) is 7. The van der Waals surface area contributed by atoms with Crippen LogP contribution in [0, 0.1) is 20.8 Å². The zero-order valence-corrected chi connectivity index (χ0v) is 20.5. The van der Waals surface area contributed by atoms with Crippen molar-refractivity contribution in [3.05, 3.63) is 67.2 Å². The van der Waals surface area contributed by atoms with E-state index in [2.05, 4.69) is 4.98 Å². The van der Waals surface area contributed by atoms with Gasteiger partial charge in [-0.25, -0.2) is 4.98 Å². The average molecular weight is 484 g/mol. The Morgan fingerprint density at radius 1 is 1.16 bits per heavy atom. The number of thiazole rings is 1. The molecule has 164 valence electrons. The summed E-state index contributed by atoms with van der Waals surface area (Å²) in [6, 6.07) is 7.87. The molecule has 3 aromatic rings. The molecule has 1 aliphatic rings. The number of imide groups is 1. The molecule has 1 aliphatic heterocycles. The van der Waals surface area contributed by atoms with Gasteiger partial charge in [-0.05, 0) is 61.2 Å². The minimum atomic E-state index is -0.323. The normalized spacial score (nSPS) is 15.1. The monoisotopic (exact) mass is 483 g/mol. The lowest BCUT2D eigenvalue weighted by Gasteiger charge is -2.23. The Hall–Kier alpha value is -2.75. The molecule has 0 unspecified atom stereocenters. The third-order valence-electron chi connectivity index (χ3n) is 4.92. The number of nitrogens with zero attached hydrogens (tertiary/aromatic N) is 3. The maximum Gasteiger partial charge on any atom is 0.293 e. The molecule has 0 aliphatic carbocycles. The largest absolute Gasteiger partial charge is 0.293 e. The van der Waals surface area contributed by atoms with Crippen LogP contribution in [0.3, 0.4) is 0 Å². The van der Waals surface area contributed by atoms with Gasteiger partial charge in [0.2, 0.25) is 5.91 Å². The van der Waals surface area contributed by atoms with Gasteiger partial charge in [-0.1, -0.05) is 23.8 Å². The molecule has 0 spiro atoms. The number of benzene rings is 1. The SMILES string of the molecule is CC(=O)N(c1nc(CN2C(=O)S/C(=C\c3cccs3)C2=O)cs1)c1c(C)cc(C)cc1C. The summed E-state index contributed by atoms with van der Waals surface area (Å²) in [7, 11) is 0. The molecule has 9 heteroatoms. The number of thioether (sulfide) groups is 1. The fourth-order valence-electron chi connectivity index (χ4n) is 3.69. The van der Waals surface area contributed by atoms with E-state index in [1.807, 2.05) is 50.4 Å². The molecular weight excluding hydrogens is 462 g/mol. The van der Waals surface area contributed by atoms with E-state index in [9.17, 15) is 14.4 Å². The van der Waals surface area contributed by atoms with Crippen LogP contribution < -0.4 is 4.90 Å². The Morgan fingerprint density at radius 2 is 1.88 bits per heavy atom. The highest BCUT2D eigenvalue weighted by Gasteiger charge is 2.35. The van der Waals surface area contributed by atoms with Crippen LogP contribution in [-0.4, -0.2) is 26.9 Å². The van der Waals surface area contributed by atoms with Gasteiger partial charge in [-0.3, -0.25) is 24.2 Å². The molecule has 0 saturated carbocycles. The fourth-order valence-corrected chi connectivity index (χ4v) is 6.11. The maximum atomic E-state index is 12.8. The number of rotatable bonds is 5. The number of hydrogen-bond donors (Lipinski definition) is 0. The van der Waals surface area contributed by atoms with Crippen molar-refractivity contribution in [3.63, 3.8) is 0 Å². The van der Waals surface area contributed by atoms with Gasteiger partial charge in [-0.15, -0.1) is 22.7 Å². The summed E-state index contributed by atoms with van der Waals surface area (Å²) in [4.78, 5) is 46.5. The molecular formula is C23H21N3O3S3. The molecule has 0 N–H and O–H groups in total. The van der Waals surface area contributed by atoms with Gasteiger partial charge in [0.25, 0.3) is 11.1 Å². The van der Waals surface area contributed by atoms with Crippen molar-refractivity contribution in [2.45, 2.75) is 34.2 Å². The number of thiophene rings is 1. The number of carbonyl (C=O) groups excluding carboxylic acids is 3. The van der Waals surface area contributed by atoms with E-state index in [0.29, 0.717) is 15.7 Å². The van der Waals surface area contributed by atoms with Crippen LogP contribution in [0.15, 0.2) is 39.9 Å². The molecule has 4 rings (SSSR count). The summed E-state index contributed by atoms with van der Waals surface area (Å²) in [6.07, 6.45) is 1.74. The van der Waals surface area contributed by atoms with Gasteiger partial charge in [0.05, 0.1) is 22.8 Å². The van der Waals surface area contributed by atoms with E-state index >= 15 is 0 Å². The fraction of sp³-hybridized carbons (Fsp3) is 0.217. The first kappa shape index (κ1) is 22.4. The molecule has 0 radical (unpaired) electrons. The standard InChI is InChI=1S/C23H21N3O3S3/c1-13-8-14(2)20(15(3)9-13)26(16(4)27)22-24-17(12-31-22)11-25-21(28)19(32-23(25)29)10-18-6-5-7-30-18/h5-10,12H,11H2,1-4H3/b19-10-. The first-order valence-electron chi connectivity index (χ1n) is 9.86. The molecule has 6 nitrogen and oxygen atoms in total. The molecule has 32 heavy (non-hydrogen) atoms. The van der Waals surface area contributed by atoms with Crippen LogP contribution in [0.1, 0.15) is 34.2 Å². The molecule has 2 aromatic heterocycles. The molecule has 0 bridgehead atoms. The minimum Gasteiger partial charge on any atom is -0.274 e. The van der Waals surface area contributed by atoms with Crippen LogP contribution in [-0.2, 0) is 16.1 Å². The lowest BCUT2D eigenvalue weighted by Crippen LogP contribution is -2.28. The summed E-state index contributed by atoms with van der Waals surface area (Å²) < 4.78 is 0. The van der Waals surface area contributed by atoms with Crippen LogP contribution in [0.5, 0.6) is 0 Å². The van der Waals surface area contributed by atoms with E-state index in [1.54, 1.807) is 16.4 Å². The highest BCUT2D eigenvalue weighted by atomic mass is 32.2. The van der Waals surface area contributed by atoms with Crippen LogP contribution in [0.25, 0.3) is 6.08 Å². The van der Waals surface area contributed by atoms with Crippen molar-refractivity contribution in [1.29, 1.82) is 0 Å². The predicted octanol–water partition coefficient (Wildman–Crippen LogP) is 6.05. The van der Waals surface area contributed by atoms with Crippen LogP contribution >= 0.6 is 34.4 Å². The van der Waals surface area contributed by atoms with Gasteiger partial charge in [0, 0.05) is 17.2 Å². The zero-order valence-electron chi connectivity index (χ0n) is 18.0. The van der Waals surface area contributed by atoms with Crippen molar-refractivity contribution in [3.8, 4) is 0 Å². The van der Waals surface area contributed by atoms with Crippen molar-refractivity contribution in [2.75, 3.05) is 4.90 Å². The van der Waals surface area contributed by atoms with Gasteiger partial charge >= 0.3 is 0 Å². The number of aromatic nitrogens is 1.